The highest BCUT2D eigenvalue weighted by atomic mass is 16.3. The van der Waals surface area contributed by atoms with E-state index in [9.17, 15) is 10.2 Å². The van der Waals surface area contributed by atoms with Crippen LogP contribution < -0.4 is 5.32 Å². The van der Waals surface area contributed by atoms with E-state index in [0.717, 1.165) is 22.5 Å². The van der Waals surface area contributed by atoms with Crippen LogP contribution in [0.4, 0.5) is 5.82 Å². The third-order valence-corrected chi connectivity index (χ3v) is 6.34. The number of nitriles is 1. The number of aromatic nitrogens is 4. The maximum atomic E-state index is 10.7. The second-order valence-corrected chi connectivity index (χ2v) is 8.88. The lowest BCUT2D eigenvalue weighted by Crippen LogP contribution is -2.05. The van der Waals surface area contributed by atoms with Gasteiger partial charge in [-0.25, -0.2) is 9.67 Å². The van der Waals surface area contributed by atoms with Gasteiger partial charge in [0.1, 0.15) is 23.0 Å². The third kappa shape index (κ3) is 5.18. The number of anilines is 1. The van der Waals surface area contributed by atoms with Crippen molar-refractivity contribution in [1.29, 1.82) is 5.26 Å². The highest BCUT2D eigenvalue weighted by molar-refractivity contribution is 5.82. The Hall–Kier alpha value is -5.16. The van der Waals surface area contributed by atoms with Gasteiger partial charge < -0.3 is 15.5 Å². The molecular formula is C30H26N6O2. The Bertz CT molecular complexity index is 1590. The number of phenolic OH excluding ortho intramolecular Hbond substituents is 2. The van der Waals surface area contributed by atoms with Crippen LogP contribution in [-0.2, 0) is 19.5 Å². The first-order valence-corrected chi connectivity index (χ1v) is 12.3. The zero-order valence-corrected chi connectivity index (χ0v) is 20.8. The molecule has 8 nitrogen and oxygen atoms in total. The van der Waals surface area contributed by atoms with Gasteiger partial charge >= 0.3 is 0 Å². The van der Waals surface area contributed by atoms with Crippen LogP contribution in [0.2, 0.25) is 0 Å². The molecule has 0 unspecified atom stereocenters. The third-order valence-electron chi connectivity index (χ3n) is 6.34. The van der Waals surface area contributed by atoms with Crippen LogP contribution >= 0.6 is 0 Å². The van der Waals surface area contributed by atoms with E-state index in [1.54, 1.807) is 29.1 Å². The van der Waals surface area contributed by atoms with Crippen LogP contribution in [-0.4, -0.2) is 30.2 Å². The van der Waals surface area contributed by atoms with Crippen molar-refractivity contribution < 1.29 is 10.2 Å². The molecule has 0 spiro atoms. The lowest BCUT2D eigenvalue weighted by atomic mass is 10.0. The van der Waals surface area contributed by atoms with Gasteiger partial charge in [0.2, 0.25) is 0 Å². The summed E-state index contributed by atoms with van der Waals surface area (Å²) in [5, 5.41) is 42.2. The zero-order valence-electron chi connectivity index (χ0n) is 20.8. The van der Waals surface area contributed by atoms with Crippen LogP contribution in [0.25, 0.3) is 22.5 Å². The van der Waals surface area contributed by atoms with Gasteiger partial charge in [-0.2, -0.15) is 5.26 Å². The molecule has 0 saturated carbocycles. The summed E-state index contributed by atoms with van der Waals surface area (Å²) < 4.78 is 1.75. The van der Waals surface area contributed by atoms with Crippen molar-refractivity contribution >= 4 is 5.82 Å². The van der Waals surface area contributed by atoms with E-state index in [1.165, 1.54) is 6.07 Å². The minimum absolute atomic E-state index is 0.0378. The predicted octanol–water partition coefficient (Wildman–Crippen LogP) is 5.51. The summed E-state index contributed by atoms with van der Waals surface area (Å²) >= 11 is 0. The Kier molecular flexibility index (Phi) is 7.00. The first-order chi connectivity index (χ1) is 18.6. The summed E-state index contributed by atoms with van der Waals surface area (Å²) in [5.74, 6) is 0.683. The molecule has 0 radical (unpaired) electrons. The van der Waals surface area contributed by atoms with Crippen LogP contribution in [0.15, 0.2) is 85.1 Å². The van der Waals surface area contributed by atoms with E-state index in [1.807, 2.05) is 49.4 Å². The number of hydrogen-bond acceptors (Lipinski definition) is 7. The van der Waals surface area contributed by atoms with Gasteiger partial charge in [-0.1, -0.05) is 54.6 Å². The summed E-state index contributed by atoms with van der Waals surface area (Å²) in [6.45, 7) is 2.99. The fourth-order valence-corrected chi connectivity index (χ4v) is 4.27. The molecule has 38 heavy (non-hydrogen) atoms. The largest absolute Gasteiger partial charge is 0.508 e. The minimum Gasteiger partial charge on any atom is -0.508 e. The molecule has 5 aromatic rings. The van der Waals surface area contributed by atoms with Gasteiger partial charge in [0, 0.05) is 29.9 Å². The number of hydrogen-bond donors (Lipinski definition) is 3. The van der Waals surface area contributed by atoms with Gasteiger partial charge in [-0.15, -0.1) is 5.10 Å². The number of aryl methyl sites for hydroxylation is 1. The fraction of sp³-hybridized carbons (Fsp3) is 0.133. The molecule has 0 aliphatic heterocycles. The fourth-order valence-electron chi connectivity index (χ4n) is 4.27. The molecule has 0 aliphatic rings. The van der Waals surface area contributed by atoms with Crippen LogP contribution in [0.3, 0.4) is 0 Å². The van der Waals surface area contributed by atoms with E-state index in [0.29, 0.717) is 47.6 Å². The van der Waals surface area contributed by atoms with Crippen LogP contribution in [0.1, 0.15) is 29.2 Å². The van der Waals surface area contributed by atoms with Gasteiger partial charge in [0.15, 0.2) is 0 Å². The molecule has 8 heteroatoms. The highest BCUT2D eigenvalue weighted by Crippen LogP contribution is 2.39. The van der Waals surface area contributed by atoms with Crippen molar-refractivity contribution in [3.8, 4) is 40.1 Å². The van der Waals surface area contributed by atoms with E-state index >= 15 is 0 Å². The number of nitrogens with one attached hydrogen (secondary N) is 1. The smallest absolute Gasteiger partial charge is 0.128 e. The molecule has 2 aromatic heterocycles. The van der Waals surface area contributed by atoms with Gasteiger partial charge in [-0.3, -0.25) is 0 Å². The van der Waals surface area contributed by atoms with Crippen molar-refractivity contribution in [3.63, 3.8) is 0 Å². The van der Waals surface area contributed by atoms with Crippen molar-refractivity contribution in [2.45, 2.75) is 26.4 Å². The summed E-state index contributed by atoms with van der Waals surface area (Å²) in [7, 11) is 0. The molecule has 3 aromatic carbocycles. The second-order valence-electron chi connectivity index (χ2n) is 8.88. The van der Waals surface area contributed by atoms with Crippen molar-refractivity contribution in [2.75, 3.05) is 5.32 Å². The molecule has 0 bridgehead atoms. The molecule has 0 fully saturated rings. The molecule has 0 aliphatic carbocycles. The Labute approximate surface area is 220 Å². The van der Waals surface area contributed by atoms with E-state index in [4.69, 9.17) is 5.26 Å². The molecule has 5 rings (SSSR count). The van der Waals surface area contributed by atoms with Crippen molar-refractivity contribution in [2.24, 2.45) is 0 Å². The number of phenols is 2. The molecule has 0 amide bonds. The SMILES string of the molecule is CCc1cc(-c2nnn(Cc3ccc(C#N)cc3)c2-c2ccc(NCc3ccccc3)nc2)c(O)cc1O. The number of aromatic hydroxyl groups is 2. The molecular weight excluding hydrogens is 476 g/mol. The van der Waals surface area contributed by atoms with Gasteiger partial charge in [0.05, 0.1) is 23.9 Å². The number of rotatable bonds is 8. The maximum absolute atomic E-state index is 10.7. The van der Waals surface area contributed by atoms with Crippen molar-refractivity contribution in [1.82, 2.24) is 20.0 Å². The molecule has 2 heterocycles. The number of pyridine rings is 1. The second kappa shape index (κ2) is 10.8. The number of nitrogens with zero attached hydrogens (tertiary/aromatic N) is 5. The average Bonchev–Trinajstić information content (AvgIpc) is 3.36. The van der Waals surface area contributed by atoms with E-state index < -0.39 is 0 Å². The predicted molar refractivity (Wildman–Crippen MR) is 145 cm³/mol. The Morgan fingerprint density at radius 2 is 1.71 bits per heavy atom. The summed E-state index contributed by atoms with van der Waals surface area (Å²) in [6, 6.07) is 26.4. The lowest BCUT2D eigenvalue weighted by Gasteiger charge is -2.12. The first kappa shape index (κ1) is 24.5. The standard InChI is InChI=1S/C30H26N6O2/c1-2-23-14-25(27(38)15-26(23)37)29-30(36(35-34-29)19-22-10-8-20(16-31)9-11-22)24-12-13-28(33-18-24)32-17-21-6-4-3-5-7-21/h3-15,18,37-38H,2,17,19H2,1H3,(H,32,33). The highest BCUT2D eigenvalue weighted by Gasteiger charge is 2.21. The lowest BCUT2D eigenvalue weighted by molar-refractivity contribution is 0.447. The maximum Gasteiger partial charge on any atom is 0.128 e. The van der Waals surface area contributed by atoms with Crippen molar-refractivity contribution in [3.05, 3.63) is 107 Å². The molecule has 188 valence electrons. The summed E-state index contributed by atoms with van der Waals surface area (Å²) in [5.41, 5.74) is 5.79. The molecule has 0 saturated heterocycles. The normalized spacial score (nSPS) is 10.7. The quantitative estimate of drug-likeness (QED) is 0.256. The van der Waals surface area contributed by atoms with E-state index in [2.05, 4.69) is 38.8 Å². The average molecular weight is 503 g/mol. The monoisotopic (exact) mass is 502 g/mol. The first-order valence-electron chi connectivity index (χ1n) is 12.3. The Morgan fingerprint density at radius 3 is 2.39 bits per heavy atom. The van der Waals surface area contributed by atoms with E-state index in [-0.39, 0.29) is 11.5 Å². The summed E-state index contributed by atoms with van der Waals surface area (Å²) in [4.78, 5) is 4.61. The molecule has 3 N–H and O–H groups in total. The summed E-state index contributed by atoms with van der Waals surface area (Å²) in [6.07, 6.45) is 2.35. The minimum atomic E-state index is -0.0829. The molecule has 0 atom stereocenters. The zero-order chi connectivity index (χ0) is 26.5. The Morgan fingerprint density at radius 1 is 0.921 bits per heavy atom. The van der Waals surface area contributed by atoms with Crippen LogP contribution in [0, 0.1) is 11.3 Å². The van der Waals surface area contributed by atoms with Gasteiger partial charge in [0.25, 0.3) is 0 Å². The Balaban J connectivity index is 1.53. The topological polar surface area (TPSA) is 120 Å². The van der Waals surface area contributed by atoms with Crippen LogP contribution in [0.5, 0.6) is 11.5 Å². The van der Waals surface area contributed by atoms with Gasteiger partial charge in [-0.05, 0) is 53.4 Å². The number of benzene rings is 3.